The van der Waals surface area contributed by atoms with E-state index in [1.54, 1.807) is 6.07 Å². The van der Waals surface area contributed by atoms with Crippen LogP contribution in [0, 0.1) is 0 Å². The Morgan fingerprint density at radius 3 is 1.42 bits per heavy atom. The topological polar surface area (TPSA) is 174 Å². The lowest BCUT2D eigenvalue weighted by molar-refractivity contribution is -0.155. The molecule has 0 fully saturated rings. The Bertz CT molecular complexity index is 1410. The lowest BCUT2D eigenvalue weighted by Crippen LogP contribution is -2.32. The average molecular weight is 923 g/mol. The number of nitrogens with one attached hydrogen (secondary N) is 2. The number of Topliss-reactive ketones (excluding diaryl/α,β-unsaturated/α-hetero) is 1. The fraction of sp³-hybridized carbons (Fsp3) is 0.784. The third kappa shape index (κ3) is 40.4. The number of aryl methyl sites for hydroxylation is 1. The lowest BCUT2D eigenvalue weighted by Gasteiger charge is -2.21. The van der Waals surface area contributed by atoms with Gasteiger partial charge < -0.3 is 43.8 Å². The van der Waals surface area contributed by atoms with E-state index in [0.29, 0.717) is 44.1 Å². The van der Waals surface area contributed by atoms with Gasteiger partial charge in [-0.2, -0.15) is 0 Å². The molecule has 0 bridgehead atoms. The highest BCUT2D eigenvalue weighted by atomic mass is 16.6. The molecule has 0 aliphatic rings. The van der Waals surface area contributed by atoms with E-state index < -0.39 is 17.2 Å². The van der Waals surface area contributed by atoms with Crippen LogP contribution in [0.15, 0.2) is 18.2 Å². The van der Waals surface area contributed by atoms with Gasteiger partial charge in [-0.25, -0.2) is 4.79 Å². The number of carbonyl (C=O) groups is 5. The molecule has 0 unspecified atom stereocenters. The normalized spacial score (nSPS) is 11.3. The predicted molar refractivity (Wildman–Crippen MR) is 256 cm³/mol. The molecule has 1 rings (SSSR count). The maximum atomic E-state index is 13.1. The van der Waals surface area contributed by atoms with Gasteiger partial charge >= 0.3 is 11.9 Å². The highest BCUT2D eigenvalue weighted by Crippen LogP contribution is 2.25. The molecule has 0 radical (unpaired) electrons. The third-order valence-electron chi connectivity index (χ3n) is 9.46. The molecule has 0 saturated carbocycles. The zero-order chi connectivity index (χ0) is 48.6. The molecule has 0 saturated heterocycles. The van der Waals surface area contributed by atoms with Gasteiger partial charge in [0.1, 0.15) is 35.7 Å². The van der Waals surface area contributed by atoms with E-state index in [1.807, 2.05) is 67.5 Å². The van der Waals surface area contributed by atoms with Crippen LogP contribution in [0.25, 0.3) is 0 Å². The molecule has 0 aromatic heterocycles. The molecule has 2 N–H and O–H groups in total. The highest BCUT2D eigenvalue weighted by molar-refractivity contribution is 5.93. The van der Waals surface area contributed by atoms with Crippen molar-refractivity contribution in [3.8, 4) is 5.75 Å². The molecule has 2 amide bonds. The van der Waals surface area contributed by atoms with Crippen molar-refractivity contribution in [3.63, 3.8) is 0 Å². The molecule has 0 atom stereocenters. The second-order valence-corrected chi connectivity index (χ2v) is 18.1. The lowest BCUT2D eigenvalue weighted by atomic mass is 10.0. The molecule has 1 aromatic rings. The largest absolute Gasteiger partial charge is 0.483 e. The van der Waals surface area contributed by atoms with Gasteiger partial charge in [-0.1, -0.05) is 110 Å². The molecule has 0 spiro atoms. The minimum absolute atomic E-state index is 0.0454. The van der Waals surface area contributed by atoms with Crippen molar-refractivity contribution < 1.29 is 57.1 Å². The quantitative estimate of drug-likeness (QED) is 0.0474. The van der Waals surface area contributed by atoms with Gasteiger partial charge in [-0.05, 0) is 85.4 Å². The van der Waals surface area contributed by atoms with Crippen LogP contribution in [-0.2, 0) is 54.0 Å². The second-order valence-electron chi connectivity index (χ2n) is 18.1. The third-order valence-corrected chi connectivity index (χ3v) is 9.46. The Morgan fingerprint density at radius 1 is 0.508 bits per heavy atom. The van der Waals surface area contributed by atoms with Gasteiger partial charge in [0.25, 0.3) is 5.91 Å². The summed E-state index contributed by atoms with van der Waals surface area (Å²) in [6.45, 7) is 18.6. The number of benzene rings is 1. The fourth-order valence-electron chi connectivity index (χ4n) is 6.41. The second kappa shape index (κ2) is 39.6. The first kappa shape index (κ1) is 61.4. The molecular weight excluding hydrogens is 833 g/mol. The van der Waals surface area contributed by atoms with E-state index in [-0.39, 0.29) is 69.8 Å². The molecule has 376 valence electrons. The number of ketones is 1. The summed E-state index contributed by atoms with van der Waals surface area (Å²) in [5, 5.41) is 5.41. The Hall–Kier alpha value is -3.59. The minimum atomic E-state index is -0.683. The van der Waals surface area contributed by atoms with Gasteiger partial charge in [-0.15, -0.1) is 0 Å². The van der Waals surface area contributed by atoms with Crippen LogP contribution in [-0.4, -0.2) is 113 Å². The highest BCUT2D eigenvalue weighted by Gasteiger charge is 2.22. The number of unbranched alkanes of at least 4 members (excludes halogenated alkanes) is 15. The van der Waals surface area contributed by atoms with Crippen LogP contribution in [0.4, 0.5) is 0 Å². The van der Waals surface area contributed by atoms with Crippen molar-refractivity contribution in [2.75, 3.05) is 72.6 Å². The summed E-state index contributed by atoms with van der Waals surface area (Å²) < 4.78 is 38.0. The molecule has 14 heteroatoms. The number of rotatable bonds is 39. The molecule has 1 aromatic carbocycles. The number of amides is 2. The van der Waals surface area contributed by atoms with Crippen molar-refractivity contribution in [1.29, 1.82) is 0 Å². The Morgan fingerprint density at radius 2 is 0.938 bits per heavy atom. The van der Waals surface area contributed by atoms with E-state index in [1.165, 1.54) is 84.0 Å². The van der Waals surface area contributed by atoms with Gasteiger partial charge in [0, 0.05) is 19.5 Å². The number of carbonyl (C=O) groups excluding carboxylic acids is 5. The summed E-state index contributed by atoms with van der Waals surface area (Å²) in [6, 6.07) is 5.51. The number of hydrogen-bond donors (Lipinski definition) is 2. The average Bonchev–Trinajstić information content (AvgIpc) is 3.23. The van der Waals surface area contributed by atoms with Crippen molar-refractivity contribution in [3.05, 3.63) is 29.3 Å². The maximum absolute atomic E-state index is 13.1. The first-order valence-electron chi connectivity index (χ1n) is 24.6. The standard InChI is InChI=1S/C49H84N2O12.C2H6/c1-40(52)37-59-34-32-57-30-28-50-44(53)38-60-35-33-58-31-29-51-45(54)39-61-43-27-26-41(36-42(43)47(56)63-49(5,6)7)24-22-20-18-16-14-12-10-8-9-11-13-15-17-19-21-23-25-46(55)62-48(2,3)4;1-2/h26-27,36H,8-25,28-35,37-39H2,1-7H3,(H,50,53)(H,51,54);1-2H3. The zero-order valence-corrected chi connectivity index (χ0v) is 42.1. The van der Waals surface area contributed by atoms with E-state index in [9.17, 15) is 24.0 Å². The van der Waals surface area contributed by atoms with Gasteiger partial charge in [-0.3, -0.25) is 19.2 Å². The van der Waals surface area contributed by atoms with Gasteiger partial charge in [0.15, 0.2) is 12.4 Å². The predicted octanol–water partition coefficient (Wildman–Crippen LogP) is 9.45. The van der Waals surface area contributed by atoms with Crippen LogP contribution in [0.2, 0.25) is 0 Å². The monoisotopic (exact) mass is 923 g/mol. The summed E-state index contributed by atoms with van der Waals surface area (Å²) in [5.74, 6) is -0.950. The molecular formula is C51H90N2O12. The minimum Gasteiger partial charge on any atom is -0.483 e. The van der Waals surface area contributed by atoms with E-state index in [0.717, 1.165) is 37.7 Å². The molecule has 0 aliphatic carbocycles. The Balaban J connectivity index is 0.0000202. The summed E-state index contributed by atoms with van der Waals surface area (Å²) in [4.78, 5) is 60.1. The van der Waals surface area contributed by atoms with Crippen LogP contribution in [0.3, 0.4) is 0 Å². The molecule has 14 nitrogen and oxygen atoms in total. The number of esters is 2. The van der Waals surface area contributed by atoms with Crippen molar-refractivity contribution in [2.24, 2.45) is 0 Å². The number of ether oxygens (including phenoxy) is 7. The van der Waals surface area contributed by atoms with Crippen molar-refractivity contribution in [1.82, 2.24) is 10.6 Å². The Kier molecular flexibility index (Phi) is 37.4. The van der Waals surface area contributed by atoms with Crippen LogP contribution in [0.5, 0.6) is 5.75 Å². The summed E-state index contributed by atoms with van der Waals surface area (Å²) in [6.07, 6.45) is 20.9. The van der Waals surface area contributed by atoms with E-state index >= 15 is 0 Å². The SMILES string of the molecule is CC.CC(=O)COCCOCCNC(=O)COCCOCCNC(=O)COc1ccc(CCCCCCCCCCCCCCCCCCC(=O)OC(C)(C)C)cc1C(=O)OC(C)(C)C. The summed E-state index contributed by atoms with van der Waals surface area (Å²) in [5.41, 5.74) is 0.262. The van der Waals surface area contributed by atoms with Crippen LogP contribution in [0.1, 0.15) is 187 Å². The zero-order valence-electron chi connectivity index (χ0n) is 42.1. The number of hydrogen-bond acceptors (Lipinski definition) is 12. The smallest absolute Gasteiger partial charge is 0.342 e. The molecule has 0 aliphatic heterocycles. The van der Waals surface area contributed by atoms with Crippen LogP contribution < -0.4 is 15.4 Å². The molecule has 0 heterocycles. The van der Waals surface area contributed by atoms with Crippen LogP contribution >= 0.6 is 0 Å². The van der Waals surface area contributed by atoms with Gasteiger partial charge in [0.05, 0.1) is 39.6 Å². The van der Waals surface area contributed by atoms with Crippen molar-refractivity contribution >= 4 is 29.5 Å². The summed E-state index contributed by atoms with van der Waals surface area (Å²) in [7, 11) is 0. The fourth-order valence-corrected chi connectivity index (χ4v) is 6.41. The van der Waals surface area contributed by atoms with E-state index in [2.05, 4.69) is 10.6 Å². The Labute approximate surface area is 393 Å². The summed E-state index contributed by atoms with van der Waals surface area (Å²) >= 11 is 0. The molecule has 65 heavy (non-hydrogen) atoms. The first-order valence-corrected chi connectivity index (χ1v) is 24.6. The van der Waals surface area contributed by atoms with Gasteiger partial charge in [0.2, 0.25) is 5.91 Å². The maximum Gasteiger partial charge on any atom is 0.342 e. The first-order chi connectivity index (χ1) is 31.1. The van der Waals surface area contributed by atoms with E-state index in [4.69, 9.17) is 33.2 Å². The van der Waals surface area contributed by atoms with Crippen molar-refractivity contribution in [2.45, 2.75) is 189 Å².